The van der Waals surface area contributed by atoms with Gasteiger partial charge >= 0.3 is 5.97 Å². The van der Waals surface area contributed by atoms with Crippen LogP contribution in [0, 0.1) is 0 Å². The second kappa shape index (κ2) is 8.19. The molecule has 0 aliphatic heterocycles. The molecule has 1 aromatic heterocycles. The number of hydrogen-bond acceptors (Lipinski definition) is 5. The Labute approximate surface area is 127 Å². The summed E-state index contributed by atoms with van der Waals surface area (Å²) < 4.78 is 12.1. The van der Waals surface area contributed by atoms with E-state index in [0.717, 1.165) is 18.3 Å². The molecule has 0 saturated heterocycles. The largest absolute Gasteiger partial charge is 0.467 e. The van der Waals surface area contributed by atoms with E-state index in [4.69, 9.17) is 9.47 Å². The van der Waals surface area contributed by atoms with Gasteiger partial charge in [-0.25, -0.2) is 9.48 Å². The molecule has 1 aromatic rings. The lowest BCUT2D eigenvalue weighted by Gasteiger charge is -2.15. The zero-order valence-electron chi connectivity index (χ0n) is 13.7. The van der Waals surface area contributed by atoms with Crippen molar-refractivity contribution in [2.45, 2.75) is 51.8 Å². The Morgan fingerprint density at radius 1 is 1.48 bits per heavy atom. The lowest BCUT2D eigenvalue weighted by atomic mass is 10.2. The minimum atomic E-state index is -1.05. The average molecular weight is 313 g/mol. The number of anilines is 1. The zero-order valence-corrected chi connectivity index (χ0v) is 14.7. The van der Waals surface area contributed by atoms with Crippen molar-refractivity contribution in [3.8, 4) is 0 Å². The minimum absolute atomic E-state index is 0.267. The Morgan fingerprint density at radius 2 is 2.19 bits per heavy atom. The van der Waals surface area contributed by atoms with E-state index in [2.05, 4.69) is 30.1 Å². The molecule has 1 heterocycles. The third-order valence-electron chi connectivity index (χ3n) is 3.09. The molecule has 0 fully saturated rings. The van der Waals surface area contributed by atoms with Gasteiger partial charge in [-0.05, 0) is 12.5 Å². The van der Waals surface area contributed by atoms with Crippen molar-refractivity contribution < 1.29 is 14.3 Å². The number of methoxy groups -OCH3 is 1. The van der Waals surface area contributed by atoms with E-state index < -0.39 is 8.07 Å². The van der Waals surface area contributed by atoms with Crippen molar-refractivity contribution in [2.75, 3.05) is 19.0 Å². The summed E-state index contributed by atoms with van der Waals surface area (Å²) in [4.78, 5) is 11.5. The standard InChI is InChI=1S/C14H27N3O3Si/c1-6-13(14(18)19-2)16-12-9-15-17(10-12)11-20-7-8-21(3,4)5/h9-10,13,16H,6-8,11H2,1-5H3. The van der Waals surface area contributed by atoms with Crippen LogP contribution < -0.4 is 5.32 Å². The number of hydrogen-bond donors (Lipinski definition) is 1. The van der Waals surface area contributed by atoms with E-state index in [1.165, 1.54) is 7.11 Å². The van der Waals surface area contributed by atoms with Gasteiger partial charge in [-0.2, -0.15) is 5.10 Å². The molecule has 1 atom stereocenters. The number of carbonyl (C=O) groups excluding carboxylic acids is 1. The maximum absolute atomic E-state index is 11.5. The van der Waals surface area contributed by atoms with E-state index in [0.29, 0.717) is 13.2 Å². The smallest absolute Gasteiger partial charge is 0.328 e. The summed E-state index contributed by atoms with van der Waals surface area (Å²) in [6.07, 6.45) is 4.18. The SMILES string of the molecule is CCC(Nc1cnn(COCC[Si](C)(C)C)c1)C(=O)OC. The molecule has 1 N–H and O–H groups in total. The molecule has 1 unspecified atom stereocenters. The highest BCUT2D eigenvalue weighted by Crippen LogP contribution is 2.11. The van der Waals surface area contributed by atoms with Crippen LogP contribution in [0.1, 0.15) is 13.3 Å². The molecule has 0 saturated carbocycles. The van der Waals surface area contributed by atoms with Crippen LogP contribution >= 0.6 is 0 Å². The van der Waals surface area contributed by atoms with E-state index in [-0.39, 0.29) is 12.0 Å². The van der Waals surface area contributed by atoms with Gasteiger partial charge in [0.25, 0.3) is 0 Å². The molecule has 0 spiro atoms. The predicted molar refractivity (Wildman–Crippen MR) is 86.0 cm³/mol. The van der Waals surface area contributed by atoms with E-state index in [1.54, 1.807) is 10.9 Å². The average Bonchev–Trinajstić information content (AvgIpc) is 2.86. The van der Waals surface area contributed by atoms with Gasteiger partial charge in [0, 0.05) is 14.7 Å². The second-order valence-electron chi connectivity index (χ2n) is 6.24. The Balaban J connectivity index is 2.40. The predicted octanol–water partition coefficient (Wildman–Crippen LogP) is 2.56. The summed E-state index contributed by atoms with van der Waals surface area (Å²) >= 11 is 0. The van der Waals surface area contributed by atoms with Crippen LogP contribution in [-0.2, 0) is 21.0 Å². The van der Waals surface area contributed by atoms with E-state index in [1.807, 2.05) is 13.1 Å². The molecular formula is C14H27N3O3Si. The zero-order chi connectivity index (χ0) is 15.9. The van der Waals surface area contributed by atoms with Crippen LogP contribution in [0.3, 0.4) is 0 Å². The number of ether oxygens (including phenoxy) is 2. The van der Waals surface area contributed by atoms with Gasteiger partial charge in [-0.3, -0.25) is 0 Å². The summed E-state index contributed by atoms with van der Waals surface area (Å²) in [5.74, 6) is -0.267. The van der Waals surface area contributed by atoms with Crippen LogP contribution in [0.25, 0.3) is 0 Å². The second-order valence-corrected chi connectivity index (χ2v) is 11.9. The number of aromatic nitrogens is 2. The topological polar surface area (TPSA) is 65.4 Å². The van der Waals surface area contributed by atoms with Gasteiger partial charge in [0.05, 0.1) is 25.2 Å². The number of nitrogens with one attached hydrogen (secondary N) is 1. The maximum atomic E-state index is 11.5. The molecule has 7 heteroatoms. The van der Waals surface area contributed by atoms with Gasteiger partial charge in [0.1, 0.15) is 12.8 Å². The third kappa shape index (κ3) is 6.77. The van der Waals surface area contributed by atoms with Gasteiger partial charge < -0.3 is 14.8 Å². The molecule has 0 aliphatic rings. The van der Waals surface area contributed by atoms with Gasteiger partial charge in [-0.15, -0.1) is 0 Å². The normalized spacial score (nSPS) is 13.0. The highest BCUT2D eigenvalue weighted by molar-refractivity contribution is 6.76. The minimum Gasteiger partial charge on any atom is -0.467 e. The van der Waals surface area contributed by atoms with Crippen molar-refractivity contribution >= 4 is 19.7 Å². The monoisotopic (exact) mass is 313 g/mol. The first-order valence-electron chi connectivity index (χ1n) is 7.30. The van der Waals surface area contributed by atoms with Gasteiger partial charge in [0.2, 0.25) is 0 Å². The fourth-order valence-electron chi connectivity index (χ4n) is 1.72. The summed E-state index contributed by atoms with van der Waals surface area (Å²) in [5, 5.41) is 7.32. The number of nitrogens with zero attached hydrogens (tertiary/aromatic N) is 2. The molecule has 0 aromatic carbocycles. The Kier molecular flexibility index (Phi) is 6.90. The summed E-state index contributed by atoms with van der Waals surface area (Å²) in [6.45, 7) is 10.1. The highest BCUT2D eigenvalue weighted by Gasteiger charge is 2.17. The molecule has 0 amide bonds. The molecular weight excluding hydrogens is 286 g/mol. The maximum Gasteiger partial charge on any atom is 0.328 e. The van der Waals surface area contributed by atoms with Crippen LogP contribution in [-0.4, -0.2) is 43.6 Å². The van der Waals surface area contributed by atoms with Crippen LogP contribution in [0.5, 0.6) is 0 Å². The van der Waals surface area contributed by atoms with Gasteiger partial charge in [0.15, 0.2) is 0 Å². The van der Waals surface area contributed by atoms with E-state index in [9.17, 15) is 4.79 Å². The first-order valence-corrected chi connectivity index (χ1v) is 11.0. The fourth-order valence-corrected chi connectivity index (χ4v) is 2.47. The van der Waals surface area contributed by atoms with Crippen molar-refractivity contribution in [1.29, 1.82) is 0 Å². The molecule has 21 heavy (non-hydrogen) atoms. The van der Waals surface area contributed by atoms with Crippen molar-refractivity contribution in [2.24, 2.45) is 0 Å². The van der Waals surface area contributed by atoms with Crippen molar-refractivity contribution in [1.82, 2.24) is 9.78 Å². The third-order valence-corrected chi connectivity index (χ3v) is 4.79. The van der Waals surface area contributed by atoms with Crippen molar-refractivity contribution in [3.63, 3.8) is 0 Å². The first-order chi connectivity index (χ1) is 9.85. The number of rotatable bonds is 9. The summed E-state index contributed by atoms with van der Waals surface area (Å²) in [6, 6.07) is 0.792. The van der Waals surface area contributed by atoms with Crippen LogP contribution in [0.2, 0.25) is 25.7 Å². The number of carbonyl (C=O) groups is 1. The van der Waals surface area contributed by atoms with Crippen LogP contribution in [0.15, 0.2) is 12.4 Å². The lowest BCUT2D eigenvalue weighted by molar-refractivity contribution is -0.141. The highest BCUT2D eigenvalue weighted by atomic mass is 28.3. The van der Waals surface area contributed by atoms with E-state index >= 15 is 0 Å². The Morgan fingerprint density at radius 3 is 2.76 bits per heavy atom. The Bertz CT molecular complexity index is 443. The van der Waals surface area contributed by atoms with Crippen molar-refractivity contribution in [3.05, 3.63) is 12.4 Å². The molecule has 120 valence electrons. The molecule has 6 nitrogen and oxygen atoms in total. The summed E-state index contributed by atoms with van der Waals surface area (Å²) in [7, 11) is 0.339. The molecule has 0 aliphatic carbocycles. The summed E-state index contributed by atoms with van der Waals surface area (Å²) in [5.41, 5.74) is 0.793. The molecule has 1 rings (SSSR count). The molecule has 0 bridgehead atoms. The number of esters is 1. The molecule has 0 radical (unpaired) electrons. The first kappa shape index (κ1) is 17.7. The Hall–Kier alpha value is -1.34. The quantitative estimate of drug-likeness (QED) is 0.431. The van der Waals surface area contributed by atoms with Gasteiger partial charge in [-0.1, -0.05) is 26.6 Å². The fraction of sp³-hybridized carbons (Fsp3) is 0.714. The lowest BCUT2D eigenvalue weighted by Crippen LogP contribution is -2.29. The van der Waals surface area contributed by atoms with Crippen LogP contribution in [0.4, 0.5) is 5.69 Å².